The number of rotatable bonds is 6. The lowest BCUT2D eigenvalue weighted by Crippen LogP contribution is -2.30. The molecule has 1 N–H and O–H groups in total. The summed E-state index contributed by atoms with van der Waals surface area (Å²) in [5.74, 6) is 0.832. The molecule has 0 spiro atoms. The second-order valence-corrected chi connectivity index (χ2v) is 7.57. The van der Waals surface area contributed by atoms with Crippen molar-refractivity contribution < 1.29 is 19.1 Å². The number of halogens is 2. The van der Waals surface area contributed by atoms with Gasteiger partial charge in [-0.25, -0.2) is 4.79 Å². The van der Waals surface area contributed by atoms with E-state index in [0.29, 0.717) is 23.1 Å². The van der Waals surface area contributed by atoms with E-state index in [-0.39, 0.29) is 18.1 Å². The molecule has 0 radical (unpaired) electrons. The number of urea groups is 1. The van der Waals surface area contributed by atoms with E-state index in [2.05, 4.69) is 27.9 Å². The van der Waals surface area contributed by atoms with Crippen LogP contribution in [0.4, 0.5) is 4.79 Å². The fourth-order valence-electron chi connectivity index (χ4n) is 2.79. The van der Waals surface area contributed by atoms with E-state index in [4.69, 9.17) is 21.1 Å². The first kappa shape index (κ1) is 20.5. The van der Waals surface area contributed by atoms with Crippen molar-refractivity contribution in [1.82, 2.24) is 10.2 Å². The van der Waals surface area contributed by atoms with Gasteiger partial charge >= 0.3 is 6.03 Å². The molecule has 146 valence electrons. The van der Waals surface area contributed by atoms with Crippen LogP contribution in [-0.2, 0) is 11.3 Å². The zero-order valence-corrected chi connectivity index (χ0v) is 18.2. The lowest BCUT2D eigenvalue weighted by atomic mass is 10.1. The molecule has 0 aliphatic carbocycles. The number of imide groups is 1. The van der Waals surface area contributed by atoms with E-state index in [1.54, 1.807) is 43.5 Å². The van der Waals surface area contributed by atoms with E-state index in [0.717, 1.165) is 19.6 Å². The van der Waals surface area contributed by atoms with Gasteiger partial charge in [0.2, 0.25) is 0 Å². The summed E-state index contributed by atoms with van der Waals surface area (Å²) in [7, 11) is 1.58. The summed E-state index contributed by atoms with van der Waals surface area (Å²) >= 11 is 8.02. The van der Waals surface area contributed by atoms with E-state index >= 15 is 0 Å². The Morgan fingerprint density at radius 1 is 1.21 bits per heavy atom. The Morgan fingerprint density at radius 2 is 1.93 bits per heavy atom. The molecular formula is C20H18ClIN2O4. The van der Waals surface area contributed by atoms with Crippen LogP contribution in [0.1, 0.15) is 18.1 Å². The summed E-state index contributed by atoms with van der Waals surface area (Å²) in [5.41, 5.74) is 1.75. The van der Waals surface area contributed by atoms with Gasteiger partial charge in [-0.15, -0.1) is 0 Å². The van der Waals surface area contributed by atoms with Gasteiger partial charge in [0, 0.05) is 5.02 Å². The van der Waals surface area contributed by atoms with Gasteiger partial charge in [0.1, 0.15) is 5.70 Å². The molecule has 3 amide bonds. The molecule has 1 fully saturated rings. The first-order chi connectivity index (χ1) is 13.4. The van der Waals surface area contributed by atoms with Crippen LogP contribution in [0.25, 0.3) is 6.08 Å². The Hall–Kier alpha value is -2.26. The van der Waals surface area contributed by atoms with Crippen LogP contribution in [0.2, 0.25) is 5.02 Å². The van der Waals surface area contributed by atoms with Crippen molar-refractivity contribution in [2.24, 2.45) is 0 Å². The average Bonchev–Trinajstić information content (AvgIpc) is 2.91. The van der Waals surface area contributed by atoms with Crippen LogP contribution < -0.4 is 14.8 Å². The van der Waals surface area contributed by atoms with Crippen LogP contribution in [-0.4, -0.2) is 30.6 Å². The number of nitrogens with one attached hydrogen (secondary N) is 1. The molecule has 28 heavy (non-hydrogen) atoms. The maximum atomic E-state index is 12.7. The quantitative estimate of drug-likeness (QED) is 0.353. The second kappa shape index (κ2) is 8.83. The van der Waals surface area contributed by atoms with Gasteiger partial charge in [-0.2, -0.15) is 0 Å². The molecule has 6 nitrogen and oxygen atoms in total. The molecular weight excluding hydrogens is 495 g/mol. The first-order valence-corrected chi connectivity index (χ1v) is 9.98. The van der Waals surface area contributed by atoms with Gasteiger partial charge in [0.15, 0.2) is 11.5 Å². The molecule has 0 bridgehead atoms. The third kappa shape index (κ3) is 4.41. The molecule has 0 aromatic heterocycles. The van der Waals surface area contributed by atoms with Crippen molar-refractivity contribution in [3.8, 4) is 11.5 Å². The number of nitrogens with zero attached hydrogens (tertiary/aromatic N) is 1. The topological polar surface area (TPSA) is 67.9 Å². The number of carbonyl (C=O) groups is 2. The smallest absolute Gasteiger partial charge is 0.329 e. The SMILES string of the molecule is CCOc1cc(/C=C2\NC(=O)N(Cc3ccc(Cl)cc3)C2=O)cc(I)c1OC. The van der Waals surface area contributed by atoms with E-state index < -0.39 is 6.03 Å². The minimum Gasteiger partial charge on any atom is -0.492 e. The lowest BCUT2D eigenvalue weighted by Gasteiger charge is -2.12. The van der Waals surface area contributed by atoms with Crippen molar-refractivity contribution in [2.45, 2.75) is 13.5 Å². The zero-order chi connectivity index (χ0) is 20.3. The van der Waals surface area contributed by atoms with Gasteiger partial charge in [-0.1, -0.05) is 23.7 Å². The number of carbonyl (C=O) groups excluding carboxylic acids is 2. The number of methoxy groups -OCH3 is 1. The standard InChI is InChI=1S/C20H18ClIN2O4/c1-3-28-17-10-13(8-15(22)18(17)27-2)9-16-19(25)24(20(26)23-16)11-12-4-6-14(21)7-5-12/h4-10H,3,11H2,1-2H3,(H,23,26)/b16-9-. The molecule has 0 unspecified atom stereocenters. The van der Waals surface area contributed by atoms with Crippen molar-refractivity contribution in [3.63, 3.8) is 0 Å². The summed E-state index contributed by atoms with van der Waals surface area (Å²) in [5, 5.41) is 3.23. The van der Waals surface area contributed by atoms with E-state index in [1.807, 2.05) is 13.0 Å². The molecule has 8 heteroatoms. The van der Waals surface area contributed by atoms with Gasteiger partial charge in [-0.3, -0.25) is 9.69 Å². The van der Waals surface area contributed by atoms with Crippen LogP contribution >= 0.6 is 34.2 Å². The van der Waals surface area contributed by atoms with Gasteiger partial charge in [-0.05, 0) is 71.0 Å². The summed E-state index contributed by atoms with van der Waals surface area (Å²) in [6.07, 6.45) is 1.63. The van der Waals surface area contributed by atoms with Crippen LogP contribution in [0.5, 0.6) is 11.5 Å². The maximum absolute atomic E-state index is 12.7. The van der Waals surface area contributed by atoms with E-state index in [1.165, 1.54) is 0 Å². The van der Waals surface area contributed by atoms with Crippen molar-refractivity contribution in [1.29, 1.82) is 0 Å². The molecule has 0 atom stereocenters. The summed E-state index contributed by atoms with van der Waals surface area (Å²) in [6.45, 7) is 2.54. The maximum Gasteiger partial charge on any atom is 0.329 e. The van der Waals surface area contributed by atoms with Crippen molar-refractivity contribution in [3.05, 3.63) is 61.8 Å². The number of amides is 3. The zero-order valence-electron chi connectivity index (χ0n) is 15.3. The van der Waals surface area contributed by atoms with E-state index in [9.17, 15) is 9.59 Å². The lowest BCUT2D eigenvalue weighted by molar-refractivity contribution is -0.123. The monoisotopic (exact) mass is 512 g/mol. The average molecular weight is 513 g/mol. The number of hydrogen-bond acceptors (Lipinski definition) is 4. The van der Waals surface area contributed by atoms with Crippen LogP contribution in [0.3, 0.4) is 0 Å². The minimum atomic E-state index is -0.459. The fraction of sp³-hybridized carbons (Fsp3) is 0.200. The molecule has 0 saturated carbocycles. The van der Waals surface area contributed by atoms with Crippen molar-refractivity contribution >= 4 is 52.2 Å². The molecule has 1 heterocycles. The Balaban J connectivity index is 1.86. The summed E-state index contributed by atoms with van der Waals surface area (Å²) < 4.78 is 11.8. The Labute approximate surface area is 181 Å². The summed E-state index contributed by atoms with van der Waals surface area (Å²) in [4.78, 5) is 26.1. The third-order valence-electron chi connectivity index (χ3n) is 4.06. The van der Waals surface area contributed by atoms with Crippen molar-refractivity contribution in [2.75, 3.05) is 13.7 Å². The Bertz CT molecular complexity index is 944. The third-order valence-corrected chi connectivity index (χ3v) is 5.12. The van der Waals surface area contributed by atoms with Gasteiger partial charge < -0.3 is 14.8 Å². The number of ether oxygens (including phenoxy) is 2. The first-order valence-electron chi connectivity index (χ1n) is 8.52. The highest BCUT2D eigenvalue weighted by atomic mass is 127. The fourth-order valence-corrected chi connectivity index (χ4v) is 3.76. The van der Waals surface area contributed by atoms with Gasteiger partial charge in [0.05, 0.1) is 23.8 Å². The Kier molecular flexibility index (Phi) is 6.46. The molecule has 1 aliphatic heterocycles. The highest BCUT2D eigenvalue weighted by Gasteiger charge is 2.33. The summed E-state index contributed by atoms with van der Waals surface area (Å²) in [6, 6.07) is 10.2. The van der Waals surface area contributed by atoms with Crippen LogP contribution in [0.15, 0.2) is 42.1 Å². The number of hydrogen-bond donors (Lipinski definition) is 1. The molecule has 3 rings (SSSR count). The predicted molar refractivity (Wildman–Crippen MR) is 115 cm³/mol. The molecule has 1 saturated heterocycles. The van der Waals surface area contributed by atoms with Crippen LogP contribution in [0, 0.1) is 3.57 Å². The molecule has 2 aromatic carbocycles. The number of benzene rings is 2. The van der Waals surface area contributed by atoms with Gasteiger partial charge in [0.25, 0.3) is 5.91 Å². The minimum absolute atomic E-state index is 0.170. The highest BCUT2D eigenvalue weighted by molar-refractivity contribution is 14.1. The largest absolute Gasteiger partial charge is 0.492 e. The molecule has 1 aliphatic rings. The Morgan fingerprint density at radius 3 is 2.57 bits per heavy atom. The normalized spacial score (nSPS) is 15.1. The highest BCUT2D eigenvalue weighted by Crippen LogP contribution is 2.34. The molecule has 2 aromatic rings. The predicted octanol–water partition coefficient (Wildman–Crippen LogP) is 4.44. The second-order valence-electron chi connectivity index (χ2n) is 5.97.